The third-order valence-corrected chi connectivity index (χ3v) is 4.65. The molecule has 0 aromatic heterocycles. The van der Waals surface area contributed by atoms with E-state index in [0.717, 1.165) is 49.1 Å². The Morgan fingerprint density at radius 2 is 1.66 bits per heavy atom. The van der Waals surface area contributed by atoms with Gasteiger partial charge in [0.2, 0.25) is 0 Å². The second kappa shape index (κ2) is 13.5. The third-order valence-electron chi connectivity index (χ3n) is 4.65. The van der Waals surface area contributed by atoms with Crippen molar-refractivity contribution in [3.8, 4) is 0 Å². The summed E-state index contributed by atoms with van der Waals surface area (Å²) < 4.78 is 5.55. The minimum atomic E-state index is -1.82. The molecule has 0 aliphatic carbocycles. The molecule has 0 atom stereocenters. The highest BCUT2D eigenvalue weighted by molar-refractivity contribution is 6.27. The van der Waals surface area contributed by atoms with Gasteiger partial charge in [0, 0.05) is 13.1 Å². The van der Waals surface area contributed by atoms with E-state index in [1.165, 1.54) is 12.8 Å². The molecule has 0 saturated heterocycles. The summed E-state index contributed by atoms with van der Waals surface area (Å²) in [6.45, 7) is 7.54. The lowest BCUT2D eigenvalue weighted by molar-refractivity contribution is -0.159. The fourth-order valence-electron chi connectivity index (χ4n) is 3.02. The van der Waals surface area contributed by atoms with Gasteiger partial charge in [-0.25, -0.2) is 14.4 Å². The molecule has 160 valence electrons. The zero-order valence-corrected chi connectivity index (χ0v) is 17.2. The van der Waals surface area contributed by atoms with Crippen molar-refractivity contribution in [1.29, 1.82) is 0 Å². The summed E-state index contributed by atoms with van der Waals surface area (Å²) in [4.78, 5) is 33.1. The molecule has 7 nitrogen and oxygen atoms in total. The van der Waals surface area contributed by atoms with E-state index in [1.54, 1.807) is 0 Å². The van der Waals surface area contributed by atoms with Crippen LogP contribution in [0.15, 0.2) is 35.9 Å². The number of carbonyl (C=O) groups excluding carboxylic acids is 1. The number of carboxylic acid groups (broad SMARTS) is 2. The van der Waals surface area contributed by atoms with E-state index >= 15 is 0 Å². The predicted molar refractivity (Wildman–Crippen MR) is 110 cm³/mol. The van der Waals surface area contributed by atoms with Gasteiger partial charge >= 0.3 is 17.9 Å². The molecule has 0 spiro atoms. The number of nitrogens with zero attached hydrogens (tertiary/aromatic N) is 1. The molecule has 0 radical (unpaired) electrons. The first-order valence-corrected chi connectivity index (χ1v) is 10.0. The molecule has 1 aliphatic heterocycles. The standard InChI is InChI=1S/C20H29NO2.C2H2O4/c1-3-5-6-10-15-23-20(22)19-16-21(4-2)14-13-18(19)17-11-8-7-9-12-17;3-1(4)2(5)6/h7-9,11-12H,3-6,10,13-16H2,1-2H3;(H,3,4)(H,5,6). The van der Waals surface area contributed by atoms with E-state index in [9.17, 15) is 4.79 Å². The van der Waals surface area contributed by atoms with Gasteiger partial charge in [0.15, 0.2) is 0 Å². The van der Waals surface area contributed by atoms with Crippen LogP contribution in [-0.2, 0) is 19.1 Å². The first kappa shape index (κ1) is 24.4. The SMILES string of the molecule is CCCCCCOC(=O)C1=C(c2ccccc2)CCN(CC)C1.O=C(O)C(=O)O. The number of carbonyl (C=O) groups is 3. The summed E-state index contributed by atoms with van der Waals surface area (Å²) in [6.07, 6.45) is 5.42. The Balaban J connectivity index is 0.000000612. The number of unbranched alkanes of at least 4 members (excludes halogenated alkanes) is 3. The molecule has 0 saturated carbocycles. The van der Waals surface area contributed by atoms with Crippen molar-refractivity contribution < 1.29 is 29.3 Å². The molecule has 7 heteroatoms. The van der Waals surface area contributed by atoms with E-state index in [0.29, 0.717) is 13.2 Å². The summed E-state index contributed by atoms with van der Waals surface area (Å²) >= 11 is 0. The Hall–Kier alpha value is -2.67. The number of ether oxygens (including phenoxy) is 1. The number of carboxylic acids is 2. The van der Waals surface area contributed by atoms with E-state index in [1.807, 2.05) is 18.2 Å². The van der Waals surface area contributed by atoms with Crippen LogP contribution in [0, 0.1) is 0 Å². The van der Waals surface area contributed by atoms with Gasteiger partial charge in [-0.1, -0.05) is 63.4 Å². The minimum absolute atomic E-state index is 0.126. The molecule has 1 heterocycles. The van der Waals surface area contributed by atoms with Crippen molar-refractivity contribution in [2.24, 2.45) is 0 Å². The molecule has 0 bridgehead atoms. The smallest absolute Gasteiger partial charge is 0.414 e. The van der Waals surface area contributed by atoms with Crippen LogP contribution in [0.1, 0.15) is 51.5 Å². The third kappa shape index (κ3) is 8.91. The van der Waals surface area contributed by atoms with E-state index < -0.39 is 11.9 Å². The van der Waals surface area contributed by atoms with Gasteiger partial charge in [-0.15, -0.1) is 0 Å². The monoisotopic (exact) mass is 405 g/mol. The highest BCUT2D eigenvalue weighted by Gasteiger charge is 2.24. The molecular weight excluding hydrogens is 374 g/mol. The number of esters is 1. The van der Waals surface area contributed by atoms with Crippen molar-refractivity contribution in [2.75, 3.05) is 26.2 Å². The Bertz CT molecular complexity index is 687. The topological polar surface area (TPSA) is 104 Å². The molecule has 1 aromatic carbocycles. The number of aliphatic carboxylic acids is 2. The van der Waals surface area contributed by atoms with Gasteiger partial charge < -0.3 is 14.9 Å². The van der Waals surface area contributed by atoms with Crippen molar-refractivity contribution in [3.63, 3.8) is 0 Å². The molecule has 1 aliphatic rings. The summed E-state index contributed by atoms with van der Waals surface area (Å²) in [6, 6.07) is 10.2. The normalized spacial score (nSPS) is 14.0. The lowest BCUT2D eigenvalue weighted by Crippen LogP contribution is -2.34. The molecule has 0 amide bonds. The maximum atomic E-state index is 12.6. The van der Waals surface area contributed by atoms with Gasteiger partial charge in [-0.3, -0.25) is 4.90 Å². The molecule has 2 rings (SSSR count). The second-order valence-electron chi connectivity index (χ2n) is 6.75. The largest absolute Gasteiger partial charge is 0.473 e. The molecule has 1 aromatic rings. The summed E-state index contributed by atoms with van der Waals surface area (Å²) in [5.41, 5.74) is 3.16. The molecule has 0 unspecified atom stereocenters. The van der Waals surface area contributed by atoms with E-state index in [4.69, 9.17) is 24.5 Å². The fourth-order valence-corrected chi connectivity index (χ4v) is 3.02. The first-order valence-electron chi connectivity index (χ1n) is 10.0. The molecule has 0 fully saturated rings. The summed E-state index contributed by atoms with van der Waals surface area (Å²) in [5.74, 6) is -3.77. The Kier molecular flexibility index (Phi) is 11.3. The maximum Gasteiger partial charge on any atom is 0.414 e. The Morgan fingerprint density at radius 1 is 1.00 bits per heavy atom. The lowest BCUT2D eigenvalue weighted by atomic mass is 9.93. The van der Waals surface area contributed by atoms with Crippen LogP contribution in [0.5, 0.6) is 0 Å². The van der Waals surface area contributed by atoms with Crippen molar-refractivity contribution in [2.45, 2.75) is 46.0 Å². The van der Waals surface area contributed by atoms with E-state index in [-0.39, 0.29) is 5.97 Å². The Morgan fingerprint density at radius 3 is 2.21 bits per heavy atom. The molecule has 2 N–H and O–H groups in total. The van der Waals surface area contributed by atoms with Gasteiger partial charge in [-0.05, 0) is 30.5 Å². The number of hydrogen-bond donors (Lipinski definition) is 2. The first-order chi connectivity index (χ1) is 13.9. The zero-order valence-electron chi connectivity index (χ0n) is 17.2. The van der Waals surface area contributed by atoms with Gasteiger partial charge in [0.05, 0.1) is 12.2 Å². The van der Waals surface area contributed by atoms with Crippen molar-refractivity contribution >= 4 is 23.5 Å². The maximum absolute atomic E-state index is 12.6. The number of likely N-dealkylation sites (N-methyl/N-ethyl adjacent to an activating group) is 1. The summed E-state index contributed by atoms with van der Waals surface area (Å²) in [5, 5.41) is 14.8. The van der Waals surface area contributed by atoms with E-state index in [2.05, 4.69) is 30.9 Å². The lowest BCUT2D eigenvalue weighted by Gasteiger charge is -2.29. The van der Waals surface area contributed by atoms with Gasteiger partial charge in [-0.2, -0.15) is 0 Å². The average Bonchev–Trinajstić information content (AvgIpc) is 2.74. The van der Waals surface area contributed by atoms with Crippen LogP contribution >= 0.6 is 0 Å². The Labute approximate surface area is 172 Å². The highest BCUT2D eigenvalue weighted by Crippen LogP contribution is 2.28. The number of rotatable bonds is 8. The molecular formula is C22H31NO6. The van der Waals surface area contributed by atoms with Gasteiger partial charge in [0.1, 0.15) is 0 Å². The highest BCUT2D eigenvalue weighted by atomic mass is 16.5. The van der Waals surface area contributed by atoms with Crippen LogP contribution in [0.25, 0.3) is 5.57 Å². The van der Waals surface area contributed by atoms with Crippen LogP contribution < -0.4 is 0 Å². The molecule has 29 heavy (non-hydrogen) atoms. The number of hydrogen-bond acceptors (Lipinski definition) is 5. The quantitative estimate of drug-likeness (QED) is 0.388. The van der Waals surface area contributed by atoms with Crippen LogP contribution in [0.4, 0.5) is 0 Å². The number of benzene rings is 1. The minimum Gasteiger partial charge on any atom is -0.473 e. The fraction of sp³-hybridized carbons (Fsp3) is 0.500. The van der Waals surface area contributed by atoms with Crippen molar-refractivity contribution in [3.05, 3.63) is 41.5 Å². The predicted octanol–water partition coefficient (Wildman–Crippen LogP) is 3.44. The summed E-state index contributed by atoms with van der Waals surface area (Å²) in [7, 11) is 0. The van der Waals surface area contributed by atoms with Crippen LogP contribution in [-0.4, -0.2) is 59.3 Å². The van der Waals surface area contributed by atoms with Crippen LogP contribution in [0.3, 0.4) is 0 Å². The zero-order chi connectivity index (χ0) is 21.6. The second-order valence-corrected chi connectivity index (χ2v) is 6.75. The average molecular weight is 405 g/mol. The van der Waals surface area contributed by atoms with Gasteiger partial charge in [0.25, 0.3) is 0 Å². The van der Waals surface area contributed by atoms with Crippen molar-refractivity contribution in [1.82, 2.24) is 4.90 Å². The van der Waals surface area contributed by atoms with Crippen LogP contribution in [0.2, 0.25) is 0 Å².